The van der Waals surface area contributed by atoms with Crippen LogP contribution in [0.15, 0.2) is 12.1 Å². The number of aliphatic hydroxyl groups excluding tert-OH is 1. The molecule has 4 heteroatoms. The zero-order valence-corrected chi connectivity index (χ0v) is 9.03. The summed E-state index contributed by atoms with van der Waals surface area (Å²) in [6.45, 7) is 2.00. The van der Waals surface area contributed by atoms with Gasteiger partial charge in [0.25, 0.3) is 0 Å². The lowest BCUT2D eigenvalue weighted by Crippen LogP contribution is -2.27. The van der Waals surface area contributed by atoms with E-state index in [0.717, 1.165) is 29.2 Å². The molecule has 0 amide bonds. The molecular weight excluding hydrogens is 206 g/mol. The molecule has 0 bridgehead atoms. The summed E-state index contributed by atoms with van der Waals surface area (Å²) in [5, 5.41) is 12.8. The fourth-order valence-corrected chi connectivity index (χ4v) is 2.14. The van der Waals surface area contributed by atoms with Crippen LogP contribution in [0, 0.1) is 0 Å². The van der Waals surface area contributed by atoms with Crippen LogP contribution in [0.2, 0.25) is 0 Å². The summed E-state index contributed by atoms with van der Waals surface area (Å²) in [7, 11) is 0. The average Bonchev–Trinajstić information content (AvgIpc) is 2.50. The van der Waals surface area contributed by atoms with Gasteiger partial charge in [-0.3, -0.25) is 0 Å². The van der Waals surface area contributed by atoms with E-state index in [4.69, 9.17) is 9.47 Å². The van der Waals surface area contributed by atoms with Gasteiger partial charge >= 0.3 is 0 Å². The van der Waals surface area contributed by atoms with E-state index < -0.39 is 0 Å². The summed E-state index contributed by atoms with van der Waals surface area (Å²) in [6, 6.07) is 3.95. The van der Waals surface area contributed by atoms with E-state index in [1.54, 1.807) is 0 Å². The van der Waals surface area contributed by atoms with E-state index in [1.807, 2.05) is 12.1 Å². The Morgan fingerprint density at radius 3 is 2.75 bits per heavy atom. The Labute approximate surface area is 94.2 Å². The minimum atomic E-state index is -0.308. The number of β-amino-alcohol motifs (C(OH)–C–C–N with tert-alkyl or cyclic N) is 1. The van der Waals surface area contributed by atoms with Gasteiger partial charge in [0.2, 0.25) is 0 Å². The van der Waals surface area contributed by atoms with Crippen molar-refractivity contribution in [3.63, 3.8) is 0 Å². The zero-order valence-electron chi connectivity index (χ0n) is 9.03. The van der Waals surface area contributed by atoms with E-state index in [1.165, 1.54) is 0 Å². The summed E-state index contributed by atoms with van der Waals surface area (Å²) in [5.74, 6) is 1.60. The maximum atomic E-state index is 9.58. The van der Waals surface area contributed by atoms with Gasteiger partial charge in [-0.2, -0.15) is 0 Å². The van der Waals surface area contributed by atoms with Gasteiger partial charge in [-0.15, -0.1) is 0 Å². The molecule has 0 aliphatic carbocycles. The lowest BCUT2D eigenvalue weighted by Gasteiger charge is -2.23. The Morgan fingerprint density at radius 2 is 1.94 bits per heavy atom. The van der Waals surface area contributed by atoms with E-state index in [-0.39, 0.29) is 6.10 Å². The van der Waals surface area contributed by atoms with Gasteiger partial charge in [0.15, 0.2) is 11.5 Å². The predicted octanol–water partition coefficient (Wildman–Crippen LogP) is 1.18. The Bertz CT molecular complexity index is 405. The predicted molar refractivity (Wildman–Crippen MR) is 60.2 cm³/mol. The molecule has 4 nitrogen and oxygen atoms in total. The summed E-state index contributed by atoms with van der Waals surface area (Å²) >= 11 is 0. The van der Waals surface area contributed by atoms with Crippen molar-refractivity contribution in [3.05, 3.63) is 17.7 Å². The van der Waals surface area contributed by atoms with Gasteiger partial charge in [0.1, 0.15) is 0 Å². The second-order valence-electron chi connectivity index (χ2n) is 4.25. The Hall–Kier alpha value is -1.42. The highest BCUT2D eigenvalue weighted by Gasteiger charge is 2.20. The van der Waals surface area contributed by atoms with Crippen molar-refractivity contribution in [2.45, 2.75) is 18.9 Å². The van der Waals surface area contributed by atoms with Crippen LogP contribution in [0.5, 0.6) is 11.5 Å². The third-order valence-corrected chi connectivity index (χ3v) is 2.96. The number of aliphatic hydroxyl groups is 1. The first-order valence-electron chi connectivity index (χ1n) is 5.67. The molecule has 0 radical (unpaired) electrons. The molecule has 16 heavy (non-hydrogen) atoms. The quantitative estimate of drug-likeness (QED) is 0.690. The van der Waals surface area contributed by atoms with Crippen molar-refractivity contribution in [1.29, 1.82) is 0 Å². The van der Waals surface area contributed by atoms with Crippen LogP contribution in [-0.4, -0.2) is 31.0 Å². The summed E-state index contributed by atoms with van der Waals surface area (Å²) in [5.41, 5.74) is 2.15. The van der Waals surface area contributed by atoms with Crippen molar-refractivity contribution in [2.24, 2.45) is 0 Å². The van der Waals surface area contributed by atoms with E-state index in [2.05, 4.69) is 5.32 Å². The number of hydrogen-bond acceptors (Lipinski definition) is 4. The third-order valence-electron chi connectivity index (χ3n) is 2.96. The molecule has 0 spiro atoms. The molecule has 0 fully saturated rings. The van der Waals surface area contributed by atoms with Crippen LogP contribution in [0.1, 0.15) is 12.0 Å². The maximum absolute atomic E-state index is 9.58. The lowest BCUT2D eigenvalue weighted by molar-refractivity contribution is 0.184. The largest absolute Gasteiger partial charge is 0.490 e. The van der Waals surface area contributed by atoms with Crippen LogP contribution in [0.4, 0.5) is 5.69 Å². The van der Waals surface area contributed by atoms with Crippen LogP contribution >= 0.6 is 0 Å². The van der Waals surface area contributed by atoms with Crippen molar-refractivity contribution in [1.82, 2.24) is 0 Å². The highest BCUT2D eigenvalue weighted by molar-refractivity contribution is 5.62. The SMILES string of the molecule is OC1CNc2cc3c(cc2C1)OCCCO3. The van der Waals surface area contributed by atoms with Crippen LogP contribution < -0.4 is 14.8 Å². The molecule has 2 aliphatic heterocycles. The molecule has 2 heterocycles. The molecule has 1 aromatic rings. The van der Waals surface area contributed by atoms with E-state index in [9.17, 15) is 5.11 Å². The van der Waals surface area contributed by atoms with Gasteiger partial charge in [-0.05, 0) is 11.6 Å². The van der Waals surface area contributed by atoms with Crippen LogP contribution in [-0.2, 0) is 6.42 Å². The molecule has 0 saturated heterocycles. The fraction of sp³-hybridized carbons (Fsp3) is 0.500. The first kappa shape index (κ1) is 9.78. The summed E-state index contributed by atoms with van der Waals surface area (Å²) in [6.07, 6.45) is 1.28. The molecule has 0 aromatic heterocycles. The Morgan fingerprint density at radius 1 is 1.19 bits per heavy atom. The Kier molecular flexibility index (Phi) is 2.36. The first-order valence-corrected chi connectivity index (χ1v) is 5.67. The molecule has 2 aliphatic rings. The molecule has 1 atom stereocenters. The smallest absolute Gasteiger partial charge is 0.163 e. The molecule has 2 N–H and O–H groups in total. The Balaban J connectivity index is 1.99. The van der Waals surface area contributed by atoms with Gasteiger partial charge < -0.3 is 19.9 Å². The number of benzene rings is 1. The number of hydrogen-bond donors (Lipinski definition) is 2. The van der Waals surface area contributed by atoms with Gasteiger partial charge in [0, 0.05) is 31.1 Å². The molecule has 3 rings (SSSR count). The molecular formula is C12H15NO3. The lowest BCUT2D eigenvalue weighted by atomic mass is 10.0. The average molecular weight is 221 g/mol. The number of ether oxygens (including phenoxy) is 2. The van der Waals surface area contributed by atoms with Gasteiger partial charge in [0.05, 0.1) is 19.3 Å². The minimum absolute atomic E-state index is 0.308. The highest BCUT2D eigenvalue weighted by Crippen LogP contribution is 2.36. The second-order valence-corrected chi connectivity index (χ2v) is 4.25. The zero-order chi connectivity index (χ0) is 11.0. The van der Waals surface area contributed by atoms with E-state index in [0.29, 0.717) is 26.2 Å². The monoisotopic (exact) mass is 221 g/mol. The first-order chi connectivity index (χ1) is 7.83. The van der Waals surface area contributed by atoms with Crippen molar-refractivity contribution in [3.8, 4) is 11.5 Å². The van der Waals surface area contributed by atoms with Crippen LogP contribution in [0.3, 0.4) is 0 Å². The van der Waals surface area contributed by atoms with Crippen molar-refractivity contribution in [2.75, 3.05) is 25.1 Å². The highest BCUT2D eigenvalue weighted by atomic mass is 16.5. The molecule has 1 unspecified atom stereocenters. The van der Waals surface area contributed by atoms with Crippen molar-refractivity contribution < 1.29 is 14.6 Å². The van der Waals surface area contributed by atoms with Crippen molar-refractivity contribution >= 4 is 5.69 Å². The van der Waals surface area contributed by atoms with Crippen LogP contribution in [0.25, 0.3) is 0 Å². The summed E-state index contributed by atoms with van der Waals surface area (Å²) in [4.78, 5) is 0. The molecule has 1 aromatic carbocycles. The molecule has 86 valence electrons. The summed E-state index contributed by atoms with van der Waals surface area (Å²) < 4.78 is 11.2. The van der Waals surface area contributed by atoms with Gasteiger partial charge in [-0.25, -0.2) is 0 Å². The number of anilines is 1. The molecule has 0 saturated carbocycles. The standard InChI is InChI=1S/C12H15NO3/c14-9-4-8-5-11-12(6-10(8)13-7-9)16-3-1-2-15-11/h5-6,9,13-14H,1-4,7H2. The van der Waals surface area contributed by atoms with E-state index >= 15 is 0 Å². The normalized spacial score (nSPS) is 22.9. The number of fused-ring (bicyclic) bond motifs is 2. The van der Waals surface area contributed by atoms with Gasteiger partial charge in [-0.1, -0.05) is 0 Å². The third kappa shape index (κ3) is 1.69. The second kappa shape index (κ2) is 3.87. The topological polar surface area (TPSA) is 50.7 Å². The number of rotatable bonds is 0. The minimum Gasteiger partial charge on any atom is -0.490 e. The maximum Gasteiger partial charge on any atom is 0.163 e. The number of nitrogens with one attached hydrogen (secondary N) is 1. The fourth-order valence-electron chi connectivity index (χ4n) is 2.14.